The highest BCUT2D eigenvalue weighted by Gasteiger charge is 2.22. The van der Waals surface area contributed by atoms with E-state index in [9.17, 15) is 4.79 Å². The third-order valence-electron chi connectivity index (χ3n) is 6.72. The van der Waals surface area contributed by atoms with Crippen molar-refractivity contribution in [2.24, 2.45) is 0 Å². The molecule has 4 rings (SSSR count). The third-order valence-corrected chi connectivity index (χ3v) is 6.72. The molecule has 0 radical (unpaired) electrons. The van der Waals surface area contributed by atoms with Gasteiger partial charge in [0.2, 0.25) is 0 Å². The van der Waals surface area contributed by atoms with E-state index in [0.29, 0.717) is 18.2 Å². The van der Waals surface area contributed by atoms with Crippen LogP contribution in [-0.2, 0) is 12.8 Å². The van der Waals surface area contributed by atoms with Crippen LogP contribution in [0.3, 0.4) is 0 Å². The van der Waals surface area contributed by atoms with E-state index in [2.05, 4.69) is 47.6 Å². The van der Waals surface area contributed by atoms with Crippen LogP contribution in [-0.4, -0.2) is 44.1 Å². The van der Waals surface area contributed by atoms with Gasteiger partial charge in [0.05, 0.1) is 7.11 Å². The molecule has 0 heterocycles. The van der Waals surface area contributed by atoms with E-state index in [0.717, 1.165) is 49.1 Å². The van der Waals surface area contributed by atoms with E-state index in [1.54, 1.807) is 7.11 Å². The fourth-order valence-corrected chi connectivity index (χ4v) is 4.63. The molecule has 0 saturated heterocycles. The highest BCUT2D eigenvalue weighted by Crippen LogP contribution is 2.27. The Kier molecular flexibility index (Phi) is 7.79. The van der Waals surface area contributed by atoms with Gasteiger partial charge >= 0.3 is 0 Å². The van der Waals surface area contributed by atoms with Crippen molar-refractivity contribution >= 4 is 5.91 Å². The molecule has 1 atom stereocenters. The summed E-state index contributed by atoms with van der Waals surface area (Å²) in [7, 11) is 3.96. The monoisotopic (exact) mass is 442 g/mol. The summed E-state index contributed by atoms with van der Waals surface area (Å²) in [6.07, 6.45) is 5.47. The van der Waals surface area contributed by atoms with Crippen molar-refractivity contribution < 1.29 is 9.53 Å². The van der Waals surface area contributed by atoms with Crippen LogP contribution >= 0.6 is 0 Å². The molecule has 4 nitrogen and oxygen atoms in total. The number of hydrogen-bond donors (Lipinski definition) is 1. The molecular formula is C29H34N2O2. The minimum Gasteiger partial charge on any atom is -0.497 e. The second kappa shape index (κ2) is 11.2. The molecule has 1 aliphatic rings. The molecule has 33 heavy (non-hydrogen) atoms. The number of rotatable bonds is 9. The van der Waals surface area contributed by atoms with Crippen molar-refractivity contribution in [2.75, 3.05) is 27.2 Å². The van der Waals surface area contributed by atoms with Crippen LogP contribution in [0.1, 0.15) is 40.7 Å². The zero-order valence-corrected chi connectivity index (χ0v) is 19.7. The first-order valence-electron chi connectivity index (χ1n) is 11.9. The molecule has 172 valence electrons. The molecule has 0 aromatic heterocycles. The number of benzene rings is 3. The minimum absolute atomic E-state index is 0.00211. The van der Waals surface area contributed by atoms with Crippen molar-refractivity contribution in [3.05, 3.63) is 89.5 Å². The standard InChI is InChI=1S/C29H34N2O2/c1-31(27-16-14-26-21-28(33-2)17-15-25(26)20-27)19-7-6-18-30-29(32)24-12-10-23(11-13-24)22-8-4-3-5-9-22/h3-5,8-13,15,17,21,27H,6-7,14,16,18-20H2,1-2H3,(H,30,32)/t27-/m1/s1. The summed E-state index contributed by atoms with van der Waals surface area (Å²) in [6.45, 7) is 1.76. The van der Waals surface area contributed by atoms with Gasteiger partial charge in [0.25, 0.3) is 5.91 Å². The summed E-state index contributed by atoms with van der Waals surface area (Å²) in [5, 5.41) is 3.07. The van der Waals surface area contributed by atoms with E-state index in [1.807, 2.05) is 42.5 Å². The zero-order chi connectivity index (χ0) is 23.0. The maximum Gasteiger partial charge on any atom is 0.251 e. The number of aryl methyl sites for hydroxylation is 1. The fourth-order valence-electron chi connectivity index (χ4n) is 4.63. The quantitative estimate of drug-likeness (QED) is 0.454. The van der Waals surface area contributed by atoms with Gasteiger partial charge in [0, 0.05) is 18.2 Å². The van der Waals surface area contributed by atoms with E-state index in [-0.39, 0.29) is 5.91 Å². The molecule has 1 N–H and O–H groups in total. The third kappa shape index (κ3) is 6.02. The zero-order valence-electron chi connectivity index (χ0n) is 19.7. The summed E-state index contributed by atoms with van der Waals surface area (Å²) in [5.74, 6) is 0.956. The highest BCUT2D eigenvalue weighted by atomic mass is 16.5. The van der Waals surface area contributed by atoms with Crippen molar-refractivity contribution in [3.63, 3.8) is 0 Å². The Morgan fingerprint density at radius 1 is 0.970 bits per heavy atom. The lowest BCUT2D eigenvalue weighted by molar-refractivity contribution is 0.0952. The highest BCUT2D eigenvalue weighted by molar-refractivity contribution is 5.94. The van der Waals surface area contributed by atoms with E-state index >= 15 is 0 Å². The first-order valence-corrected chi connectivity index (χ1v) is 11.9. The Morgan fingerprint density at radius 2 is 1.73 bits per heavy atom. The number of nitrogens with zero attached hydrogens (tertiary/aromatic N) is 1. The number of unbranched alkanes of at least 4 members (excludes halogenated alkanes) is 1. The minimum atomic E-state index is 0.00211. The average Bonchev–Trinajstić information content (AvgIpc) is 2.88. The summed E-state index contributed by atoms with van der Waals surface area (Å²) >= 11 is 0. The Balaban J connectivity index is 1.17. The number of carbonyl (C=O) groups excluding carboxylic acids is 1. The smallest absolute Gasteiger partial charge is 0.251 e. The van der Waals surface area contributed by atoms with Gasteiger partial charge in [-0.3, -0.25) is 4.79 Å². The predicted octanol–water partition coefficient (Wildman–Crippen LogP) is 5.36. The second-order valence-electron chi connectivity index (χ2n) is 8.92. The molecule has 3 aromatic carbocycles. The topological polar surface area (TPSA) is 41.6 Å². The van der Waals surface area contributed by atoms with Gasteiger partial charge in [-0.2, -0.15) is 0 Å². The predicted molar refractivity (Wildman–Crippen MR) is 135 cm³/mol. The summed E-state index contributed by atoms with van der Waals surface area (Å²) in [4.78, 5) is 15.0. The lowest BCUT2D eigenvalue weighted by Crippen LogP contribution is -2.37. The number of amides is 1. The Morgan fingerprint density at radius 3 is 2.48 bits per heavy atom. The molecule has 1 aliphatic carbocycles. The SMILES string of the molecule is COc1ccc2c(c1)CC[C@@H](N(C)CCCCNC(=O)c1ccc(-c3ccccc3)cc1)C2. The molecule has 0 unspecified atom stereocenters. The van der Waals surface area contributed by atoms with E-state index < -0.39 is 0 Å². The van der Waals surface area contributed by atoms with E-state index in [4.69, 9.17) is 4.74 Å². The summed E-state index contributed by atoms with van der Waals surface area (Å²) in [6, 6.07) is 25.1. The largest absolute Gasteiger partial charge is 0.497 e. The van der Waals surface area contributed by atoms with Crippen LogP contribution in [0.4, 0.5) is 0 Å². The Bertz CT molecular complexity index is 1050. The van der Waals surface area contributed by atoms with Gasteiger partial charge in [-0.05, 0) is 92.2 Å². The van der Waals surface area contributed by atoms with Crippen molar-refractivity contribution in [1.82, 2.24) is 10.2 Å². The van der Waals surface area contributed by atoms with Gasteiger partial charge in [0.1, 0.15) is 5.75 Å². The maximum atomic E-state index is 12.5. The molecule has 0 spiro atoms. The number of nitrogens with one attached hydrogen (secondary N) is 1. The van der Waals surface area contributed by atoms with Crippen LogP contribution in [0.25, 0.3) is 11.1 Å². The lowest BCUT2D eigenvalue weighted by atomic mass is 9.87. The molecule has 0 bridgehead atoms. The van der Waals surface area contributed by atoms with Crippen molar-refractivity contribution in [1.29, 1.82) is 0 Å². The first-order chi connectivity index (χ1) is 16.1. The maximum absolute atomic E-state index is 12.5. The number of methoxy groups -OCH3 is 1. The van der Waals surface area contributed by atoms with Gasteiger partial charge in [-0.1, -0.05) is 48.5 Å². The van der Waals surface area contributed by atoms with Crippen LogP contribution < -0.4 is 10.1 Å². The van der Waals surface area contributed by atoms with Crippen molar-refractivity contribution in [2.45, 2.75) is 38.1 Å². The van der Waals surface area contributed by atoms with Crippen LogP contribution in [0.2, 0.25) is 0 Å². The Labute approximate surface area is 197 Å². The van der Waals surface area contributed by atoms with Gasteiger partial charge in [-0.25, -0.2) is 0 Å². The van der Waals surface area contributed by atoms with Gasteiger partial charge < -0.3 is 15.0 Å². The van der Waals surface area contributed by atoms with Crippen LogP contribution in [0, 0.1) is 0 Å². The molecule has 3 aromatic rings. The van der Waals surface area contributed by atoms with Crippen LogP contribution in [0.15, 0.2) is 72.8 Å². The molecule has 0 fully saturated rings. The average molecular weight is 443 g/mol. The number of carbonyl (C=O) groups is 1. The van der Waals surface area contributed by atoms with Gasteiger partial charge in [0.15, 0.2) is 0 Å². The molecule has 1 amide bonds. The summed E-state index contributed by atoms with van der Waals surface area (Å²) < 4.78 is 5.36. The number of ether oxygens (including phenoxy) is 1. The summed E-state index contributed by atoms with van der Waals surface area (Å²) in [5.41, 5.74) is 5.88. The van der Waals surface area contributed by atoms with Crippen LogP contribution in [0.5, 0.6) is 5.75 Å². The second-order valence-corrected chi connectivity index (χ2v) is 8.92. The normalized spacial score (nSPS) is 15.2. The fraction of sp³-hybridized carbons (Fsp3) is 0.345. The van der Waals surface area contributed by atoms with Crippen molar-refractivity contribution in [3.8, 4) is 16.9 Å². The Hall–Kier alpha value is -3.11. The lowest BCUT2D eigenvalue weighted by Gasteiger charge is -2.32. The molecular weight excluding hydrogens is 408 g/mol. The number of hydrogen-bond acceptors (Lipinski definition) is 3. The first kappa shape index (κ1) is 23.1. The number of likely N-dealkylation sites (N-methyl/N-ethyl adjacent to an activating group) is 1. The van der Waals surface area contributed by atoms with Gasteiger partial charge in [-0.15, -0.1) is 0 Å². The molecule has 0 saturated carbocycles. The molecule has 4 heteroatoms. The van der Waals surface area contributed by atoms with E-state index in [1.165, 1.54) is 17.5 Å². The molecule has 0 aliphatic heterocycles. The number of fused-ring (bicyclic) bond motifs is 1.